The average Bonchev–Trinajstić information content (AvgIpc) is 2.25. The summed E-state index contributed by atoms with van der Waals surface area (Å²) < 4.78 is 0. The summed E-state index contributed by atoms with van der Waals surface area (Å²) >= 11 is 0. The van der Waals surface area contributed by atoms with Gasteiger partial charge in [-0.25, -0.2) is 0 Å². The van der Waals surface area contributed by atoms with Crippen LogP contribution in [0.5, 0.6) is 5.75 Å². The minimum absolute atomic E-state index is 0. The molecule has 0 saturated carbocycles. The van der Waals surface area contributed by atoms with Crippen LogP contribution >= 0.6 is 0 Å². The molecular weight excluding hydrogens is 243 g/mol. The zero-order chi connectivity index (χ0) is 11.1. The number of phenols is 1. The molecule has 0 aliphatic rings. The summed E-state index contributed by atoms with van der Waals surface area (Å²) in [4.78, 5) is 0. The van der Waals surface area contributed by atoms with Gasteiger partial charge >= 0.3 is 0 Å². The van der Waals surface area contributed by atoms with Gasteiger partial charge in [-0.15, -0.1) is 0 Å². The standard InChI is InChI=1S/C14H22O.Ni/c1-3-5-9-12(8-4-2)13-10-6-7-11-14(13)15;/h6-7,10-12,15H,3-5,8-9H2,1-2H3;. The van der Waals surface area contributed by atoms with Gasteiger partial charge < -0.3 is 5.11 Å². The second-order valence-electron chi connectivity index (χ2n) is 4.19. The molecular formula is C14H22NiO. The smallest absolute Gasteiger partial charge is 0.119 e. The molecule has 0 bridgehead atoms. The third kappa shape index (κ3) is 4.57. The first-order valence-corrected chi connectivity index (χ1v) is 6.07. The quantitative estimate of drug-likeness (QED) is 0.752. The molecule has 0 saturated heterocycles. The number of para-hydroxylation sites is 1. The summed E-state index contributed by atoms with van der Waals surface area (Å²) in [5, 5.41) is 9.81. The molecule has 1 nitrogen and oxygen atoms in total. The maximum absolute atomic E-state index is 9.81. The predicted molar refractivity (Wildman–Crippen MR) is 65.3 cm³/mol. The van der Waals surface area contributed by atoms with Crippen molar-refractivity contribution in [2.75, 3.05) is 0 Å². The molecule has 0 aliphatic heterocycles. The van der Waals surface area contributed by atoms with Crippen LogP contribution in [0.4, 0.5) is 0 Å². The molecule has 0 aromatic heterocycles. The number of phenolic OH excluding ortho intramolecular Hbond substituents is 1. The van der Waals surface area contributed by atoms with Gasteiger partial charge in [0, 0.05) is 16.5 Å². The zero-order valence-corrected chi connectivity index (χ0v) is 11.2. The Kier molecular flexibility index (Phi) is 8.38. The van der Waals surface area contributed by atoms with Crippen LogP contribution in [0.25, 0.3) is 0 Å². The Bertz CT molecular complexity index is 286. The minimum atomic E-state index is 0. The fraction of sp³-hybridized carbons (Fsp3) is 0.571. The molecule has 0 spiro atoms. The fourth-order valence-corrected chi connectivity index (χ4v) is 2.09. The Morgan fingerprint density at radius 2 is 1.75 bits per heavy atom. The Balaban J connectivity index is 0.00000225. The van der Waals surface area contributed by atoms with Gasteiger partial charge in [-0.05, 0) is 30.4 Å². The predicted octanol–water partition coefficient (Wildman–Crippen LogP) is 4.46. The van der Waals surface area contributed by atoms with E-state index in [0.717, 1.165) is 5.56 Å². The number of benzene rings is 1. The average molecular weight is 265 g/mol. The van der Waals surface area contributed by atoms with Crippen molar-refractivity contribution in [1.82, 2.24) is 0 Å². The van der Waals surface area contributed by atoms with Crippen molar-refractivity contribution in [3.63, 3.8) is 0 Å². The van der Waals surface area contributed by atoms with Gasteiger partial charge in [-0.3, -0.25) is 0 Å². The van der Waals surface area contributed by atoms with Gasteiger partial charge in [0.15, 0.2) is 0 Å². The topological polar surface area (TPSA) is 20.2 Å². The van der Waals surface area contributed by atoms with Crippen molar-refractivity contribution in [1.29, 1.82) is 0 Å². The molecule has 94 valence electrons. The molecule has 0 amide bonds. The van der Waals surface area contributed by atoms with E-state index in [1.54, 1.807) is 6.07 Å². The van der Waals surface area contributed by atoms with E-state index in [-0.39, 0.29) is 16.5 Å². The normalized spacial score (nSPS) is 11.9. The van der Waals surface area contributed by atoms with Gasteiger partial charge in [-0.2, -0.15) is 0 Å². The van der Waals surface area contributed by atoms with Crippen molar-refractivity contribution < 1.29 is 21.6 Å². The second kappa shape index (κ2) is 8.64. The second-order valence-corrected chi connectivity index (χ2v) is 4.19. The van der Waals surface area contributed by atoms with Gasteiger partial charge in [0.05, 0.1) is 0 Å². The monoisotopic (exact) mass is 264 g/mol. The molecule has 1 aromatic carbocycles. The van der Waals surface area contributed by atoms with Crippen LogP contribution in [0, 0.1) is 0 Å². The number of hydrogen-bond donors (Lipinski definition) is 1. The molecule has 0 fully saturated rings. The number of aromatic hydroxyl groups is 1. The summed E-state index contributed by atoms with van der Waals surface area (Å²) in [5.74, 6) is 1.00. The Morgan fingerprint density at radius 3 is 2.31 bits per heavy atom. The van der Waals surface area contributed by atoms with E-state index in [2.05, 4.69) is 19.9 Å². The molecule has 0 aliphatic carbocycles. The van der Waals surface area contributed by atoms with Gasteiger partial charge in [0.1, 0.15) is 5.75 Å². The molecule has 1 aromatic rings. The minimum Gasteiger partial charge on any atom is -0.508 e. The third-order valence-corrected chi connectivity index (χ3v) is 2.92. The van der Waals surface area contributed by atoms with Crippen molar-refractivity contribution >= 4 is 0 Å². The molecule has 1 atom stereocenters. The first-order chi connectivity index (χ1) is 7.29. The van der Waals surface area contributed by atoms with E-state index in [9.17, 15) is 5.11 Å². The third-order valence-electron chi connectivity index (χ3n) is 2.92. The van der Waals surface area contributed by atoms with Crippen LogP contribution in [0.2, 0.25) is 0 Å². The van der Waals surface area contributed by atoms with Crippen molar-refractivity contribution in [2.24, 2.45) is 0 Å². The van der Waals surface area contributed by atoms with Gasteiger partial charge in [0.25, 0.3) is 0 Å². The summed E-state index contributed by atoms with van der Waals surface area (Å²) in [6, 6.07) is 7.76. The molecule has 1 unspecified atom stereocenters. The molecule has 0 heterocycles. The first kappa shape index (κ1) is 15.5. The maximum Gasteiger partial charge on any atom is 0.119 e. The van der Waals surface area contributed by atoms with Crippen molar-refractivity contribution in [3.8, 4) is 5.75 Å². The van der Waals surface area contributed by atoms with E-state index in [1.807, 2.05) is 12.1 Å². The summed E-state index contributed by atoms with van der Waals surface area (Å²) in [6.45, 7) is 4.42. The van der Waals surface area contributed by atoms with E-state index < -0.39 is 0 Å². The van der Waals surface area contributed by atoms with Gasteiger partial charge in [0.2, 0.25) is 0 Å². The number of rotatable bonds is 6. The summed E-state index contributed by atoms with van der Waals surface area (Å²) in [6.07, 6.45) is 6.04. The van der Waals surface area contributed by atoms with Crippen LogP contribution in [0.15, 0.2) is 24.3 Å². The van der Waals surface area contributed by atoms with Crippen molar-refractivity contribution in [3.05, 3.63) is 29.8 Å². The van der Waals surface area contributed by atoms with Crippen LogP contribution in [0.3, 0.4) is 0 Å². The molecule has 1 N–H and O–H groups in total. The summed E-state index contributed by atoms with van der Waals surface area (Å²) in [5.41, 5.74) is 1.13. The Labute approximate surface area is 109 Å². The zero-order valence-electron chi connectivity index (χ0n) is 10.2. The molecule has 0 radical (unpaired) electrons. The molecule has 2 heteroatoms. The fourth-order valence-electron chi connectivity index (χ4n) is 2.09. The number of hydrogen-bond acceptors (Lipinski definition) is 1. The van der Waals surface area contributed by atoms with Crippen LogP contribution in [-0.4, -0.2) is 5.11 Å². The Hall–Kier alpha value is -0.486. The van der Waals surface area contributed by atoms with E-state index in [0.29, 0.717) is 11.7 Å². The largest absolute Gasteiger partial charge is 0.508 e. The molecule has 16 heavy (non-hydrogen) atoms. The molecule has 1 rings (SSSR count). The van der Waals surface area contributed by atoms with Crippen LogP contribution < -0.4 is 0 Å². The number of unbranched alkanes of at least 4 members (excludes halogenated alkanes) is 1. The van der Waals surface area contributed by atoms with E-state index in [1.165, 1.54) is 32.1 Å². The van der Waals surface area contributed by atoms with E-state index >= 15 is 0 Å². The maximum atomic E-state index is 9.81. The van der Waals surface area contributed by atoms with Crippen LogP contribution in [-0.2, 0) is 16.5 Å². The Morgan fingerprint density at radius 1 is 1.06 bits per heavy atom. The van der Waals surface area contributed by atoms with Gasteiger partial charge in [-0.1, -0.05) is 51.3 Å². The summed E-state index contributed by atoms with van der Waals surface area (Å²) in [7, 11) is 0. The van der Waals surface area contributed by atoms with Crippen molar-refractivity contribution in [2.45, 2.75) is 51.9 Å². The van der Waals surface area contributed by atoms with Crippen LogP contribution in [0.1, 0.15) is 57.4 Å². The van der Waals surface area contributed by atoms with E-state index in [4.69, 9.17) is 0 Å². The first-order valence-electron chi connectivity index (χ1n) is 6.07. The SMILES string of the molecule is CCCCC(CCC)c1ccccc1O.[Ni].